The van der Waals surface area contributed by atoms with Crippen molar-refractivity contribution in [1.82, 2.24) is 0 Å². The minimum absolute atomic E-state index is 0.00545. The number of alkyl halides is 1. The van der Waals surface area contributed by atoms with Gasteiger partial charge in [-0.1, -0.05) is 36.4 Å². The van der Waals surface area contributed by atoms with Crippen LogP contribution in [0.1, 0.15) is 23.2 Å². The third kappa shape index (κ3) is 3.00. The summed E-state index contributed by atoms with van der Waals surface area (Å²) < 4.78 is 0. The van der Waals surface area contributed by atoms with E-state index in [0.29, 0.717) is 12.0 Å². The molecule has 1 aromatic carbocycles. The van der Waals surface area contributed by atoms with Gasteiger partial charge in [-0.2, -0.15) is 0 Å². The number of allylic oxidation sites excluding steroid dienone is 1. The molecule has 1 nitrogen and oxygen atoms in total. The second-order valence-electron chi connectivity index (χ2n) is 3.06. The Balaban J connectivity index is 2.61. The highest BCUT2D eigenvalue weighted by Gasteiger charge is 2.15. The molecule has 0 aliphatic rings. The van der Waals surface area contributed by atoms with Crippen molar-refractivity contribution in [3.05, 3.63) is 48.6 Å². The smallest absolute Gasteiger partial charge is 0.180 e. The molecule has 1 rings (SSSR count). The molecule has 0 spiro atoms. The van der Waals surface area contributed by atoms with E-state index in [-0.39, 0.29) is 5.78 Å². The first kappa shape index (κ1) is 11.0. The lowest BCUT2D eigenvalue weighted by molar-refractivity contribution is 0.0984. The van der Waals surface area contributed by atoms with Crippen molar-refractivity contribution < 1.29 is 4.79 Å². The van der Waals surface area contributed by atoms with Crippen molar-refractivity contribution in [2.75, 3.05) is 0 Å². The second kappa shape index (κ2) is 5.61. The summed E-state index contributed by atoms with van der Waals surface area (Å²) >= 11 is 5.95. The Morgan fingerprint density at radius 3 is 2.64 bits per heavy atom. The molecule has 0 radical (unpaired) electrons. The number of rotatable bonds is 5. The monoisotopic (exact) mass is 208 g/mol. The average molecular weight is 209 g/mol. The fraction of sp³-hybridized carbons (Fsp3) is 0.250. The van der Waals surface area contributed by atoms with Gasteiger partial charge in [0.1, 0.15) is 0 Å². The van der Waals surface area contributed by atoms with E-state index in [1.165, 1.54) is 0 Å². The Bertz CT molecular complexity index is 305. The molecule has 0 fully saturated rings. The van der Waals surface area contributed by atoms with Gasteiger partial charge in [-0.05, 0) is 12.8 Å². The van der Waals surface area contributed by atoms with Gasteiger partial charge >= 0.3 is 0 Å². The van der Waals surface area contributed by atoms with Crippen LogP contribution in [0.2, 0.25) is 0 Å². The van der Waals surface area contributed by atoms with Gasteiger partial charge in [-0.3, -0.25) is 4.79 Å². The van der Waals surface area contributed by atoms with Gasteiger partial charge in [0.2, 0.25) is 0 Å². The Morgan fingerprint density at radius 2 is 2.07 bits per heavy atom. The molecule has 0 heterocycles. The van der Waals surface area contributed by atoms with Crippen LogP contribution >= 0.6 is 11.6 Å². The topological polar surface area (TPSA) is 17.1 Å². The molecule has 74 valence electrons. The van der Waals surface area contributed by atoms with Gasteiger partial charge in [0, 0.05) is 5.56 Å². The van der Waals surface area contributed by atoms with Crippen LogP contribution in [0.3, 0.4) is 0 Å². The normalized spacial score (nSPS) is 12.1. The highest BCUT2D eigenvalue weighted by Crippen LogP contribution is 2.13. The summed E-state index contributed by atoms with van der Waals surface area (Å²) in [4.78, 5) is 11.7. The largest absolute Gasteiger partial charge is 0.293 e. The summed E-state index contributed by atoms with van der Waals surface area (Å²) in [6, 6.07) is 9.12. The molecule has 0 aliphatic carbocycles. The molecule has 1 aromatic rings. The number of hydrogen-bond acceptors (Lipinski definition) is 1. The molecule has 0 bridgehead atoms. The molecule has 0 saturated heterocycles. The zero-order valence-corrected chi connectivity index (χ0v) is 8.70. The molecule has 1 unspecified atom stereocenters. The minimum atomic E-state index is -0.435. The van der Waals surface area contributed by atoms with Gasteiger partial charge in [-0.25, -0.2) is 0 Å². The third-order valence-corrected chi connectivity index (χ3v) is 2.38. The van der Waals surface area contributed by atoms with E-state index in [9.17, 15) is 4.79 Å². The first-order valence-electron chi connectivity index (χ1n) is 4.60. The highest BCUT2D eigenvalue weighted by atomic mass is 35.5. The van der Waals surface area contributed by atoms with Crippen molar-refractivity contribution >= 4 is 17.4 Å². The fourth-order valence-electron chi connectivity index (χ4n) is 1.18. The molecule has 1 atom stereocenters. The standard InChI is InChI=1S/C12H13ClO/c1-2-3-9-11(13)12(14)10-7-5-4-6-8-10/h2,4-8,11H,1,3,9H2. The van der Waals surface area contributed by atoms with Crippen molar-refractivity contribution in [3.8, 4) is 0 Å². The highest BCUT2D eigenvalue weighted by molar-refractivity contribution is 6.33. The number of benzene rings is 1. The number of carbonyl (C=O) groups excluding carboxylic acids is 1. The molecule has 14 heavy (non-hydrogen) atoms. The first-order valence-corrected chi connectivity index (χ1v) is 5.03. The van der Waals surface area contributed by atoms with Gasteiger partial charge in [-0.15, -0.1) is 18.2 Å². The molecule has 0 aliphatic heterocycles. The summed E-state index contributed by atoms with van der Waals surface area (Å²) in [7, 11) is 0. The minimum Gasteiger partial charge on any atom is -0.293 e. The van der Waals surface area contributed by atoms with Crippen LogP contribution in [0.4, 0.5) is 0 Å². The Morgan fingerprint density at radius 1 is 1.43 bits per heavy atom. The molecule has 0 amide bonds. The van der Waals surface area contributed by atoms with Crippen LogP contribution in [0.15, 0.2) is 43.0 Å². The van der Waals surface area contributed by atoms with Crippen LogP contribution in [0.5, 0.6) is 0 Å². The predicted octanol–water partition coefficient (Wildman–Crippen LogP) is 3.44. The van der Waals surface area contributed by atoms with E-state index in [1.807, 2.05) is 18.2 Å². The molecular weight excluding hydrogens is 196 g/mol. The molecule has 0 aromatic heterocycles. The summed E-state index contributed by atoms with van der Waals surface area (Å²) in [5.41, 5.74) is 0.677. The Kier molecular flexibility index (Phi) is 4.41. The Hall–Kier alpha value is -1.08. The van der Waals surface area contributed by atoms with Crippen LogP contribution in [-0.4, -0.2) is 11.2 Å². The molecule has 0 N–H and O–H groups in total. The lowest BCUT2D eigenvalue weighted by Crippen LogP contribution is -2.14. The van der Waals surface area contributed by atoms with Gasteiger partial charge in [0.05, 0.1) is 5.38 Å². The third-order valence-electron chi connectivity index (χ3n) is 1.97. The van der Waals surface area contributed by atoms with Crippen LogP contribution < -0.4 is 0 Å². The van der Waals surface area contributed by atoms with Gasteiger partial charge in [0.15, 0.2) is 5.78 Å². The second-order valence-corrected chi connectivity index (χ2v) is 3.59. The summed E-state index contributed by atoms with van der Waals surface area (Å²) in [6.07, 6.45) is 3.19. The van der Waals surface area contributed by atoms with Crippen molar-refractivity contribution in [2.24, 2.45) is 0 Å². The average Bonchev–Trinajstić information content (AvgIpc) is 2.26. The van der Waals surface area contributed by atoms with Crippen molar-refractivity contribution in [1.29, 1.82) is 0 Å². The molecular formula is C12H13ClO. The van der Waals surface area contributed by atoms with E-state index in [1.54, 1.807) is 18.2 Å². The van der Waals surface area contributed by atoms with E-state index < -0.39 is 5.38 Å². The van der Waals surface area contributed by atoms with E-state index in [0.717, 1.165) is 6.42 Å². The number of ketones is 1. The maximum atomic E-state index is 11.7. The zero-order chi connectivity index (χ0) is 10.4. The predicted molar refractivity (Wildman–Crippen MR) is 59.8 cm³/mol. The lowest BCUT2D eigenvalue weighted by atomic mass is 10.1. The molecule has 2 heteroatoms. The van der Waals surface area contributed by atoms with E-state index in [4.69, 9.17) is 11.6 Å². The summed E-state index contributed by atoms with van der Waals surface area (Å²) in [6.45, 7) is 3.59. The van der Waals surface area contributed by atoms with E-state index in [2.05, 4.69) is 6.58 Å². The number of Topliss-reactive ketones (excluding diaryl/α,β-unsaturated/α-hetero) is 1. The van der Waals surface area contributed by atoms with Crippen LogP contribution in [0, 0.1) is 0 Å². The maximum absolute atomic E-state index is 11.7. The molecule has 0 saturated carbocycles. The number of hydrogen-bond donors (Lipinski definition) is 0. The zero-order valence-electron chi connectivity index (χ0n) is 7.95. The van der Waals surface area contributed by atoms with Crippen LogP contribution in [0.25, 0.3) is 0 Å². The number of halogens is 1. The quantitative estimate of drug-likeness (QED) is 0.412. The van der Waals surface area contributed by atoms with Crippen molar-refractivity contribution in [2.45, 2.75) is 18.2 Å². The SMILES string of the molecule is C=CCCC(Cl)C(=O)c1ccccc1. The lowest BCUT2D eigenvalue weighted by Gasteiger charge is -2.06. The maximum Gasteiger partial charge on any atom is 0.180 e. The number of carbonyl (C=O) groups is 1. The van der Waals surface area contributed by atoms with Crippen LogP contribution in [-0.2, 0) is 0 Å². The van der Waals surface area contributed by atoms with E-state index >= 15 is 0 Å². The summed E-state index contributed by atoms with van der Waals surface area (Å²) in [5.74, 6) is -0.00545. The van der Waals surface area contributed by atoms with Gasteiger partial charge in [0.25, 0.3) is 0 Å². The summed E-state index contributed by atoms with van der Waals surface area (Å²) in [5, 5.41) is -0.435. The van der Waals surface area contributed by atoms with Gasteiger partial charge < -0.3 is 0 Å². The van der Waals surface area contributed by atoms with Crippen molar-refractivity contribution in [3.63, 3.8) is 0 Å². The first-order chi connectivity index (χ1) is 6.75. The fourth-order valence-corrected chi connectivity index (χ4v) is 1.43. The Labute approximate surface area is 89.4 Å².